The Labute approximate surface area is 87.2 Å². The van der Waals surface area contributed by atoms with Gasteiger partial charge < -0.3 is 14.8 Å². The summed E-state index contributed by atoms with van der Waals surface area (Å²) in [6.07, 6.45) is 6.06. The number of hydrogen-bond acceptors (Lipinski definition) is 3. The van der Waals surface area contributed by atoms with Crippen LogP contribution in [0.4, 0.5) is 0 Å². The minimum atomic E-state index is -0.0333. The fourth-order valence-corrected chi connectivity index (χ4v) is 2.14. The van der Waals surface area contributed by atoms with Crippen molar-refractivity contribution < 1.29 is 9.47 Å². The third kappa shape index (κ3) is 3.95. The molecule has 0 aromatic rings. The van der Waals surface area contributed by atoms with E-state index in [2.05, 4.69) is 12.2 Å². The van der Waals surface area contributed by atoms with Gasteiger partial charge in [-0.1, -0.05) is 6.42 Å². The van der Waals surface area contributed by atoms with Gasteiger partial charge in [-0.05, 0) is 32.6 Å². The zero-order chi connectivity index (χ0) is 10.4. The Morgan fingerprint density at radius 1 is 1.29 bits per heavy atom. The summed E-state index contributed by atoms with van der Waals surface area (Å²) in [6, 6.07) is 1.34. The molecule has 84 valence electrons. The number of methoxy groups -OCH3 is 2. The monoisotopic (exact) mass is 201 g/mol. The van der Waals surface area contributed by atoms with E-state index in [0.29, 0.717) is 12.1 Å². The summed E-state index contributed by atoms with van der Waals surface area (Å²) >= 11 is 0. The molecule has 0 aromatic carbocycles. The Kier molecular flexibility index (Phi) is 5.45. The van der Waals surface area contributed by atoms with Gasteiger partial charge >= 0.3 is 0 Å². The maximum atomic E-state index is 5.17. The van der Waals surface area contributed by atoms with Crippen molar-refractivity contribution >= 4 is 0 Å². The molecule has 1 fully saturated rings. The lowest BCUT2D eigenvalue weighted by Gasteiger charge is -2.29. The highest BCUT2D eigenvalue weighted by atomic mass is 16.7. The first-order valence-electron chi connectivity index (χ1n) is 5.58. The van der Waals surface area contributed by atoms with Gasteiger partial charge in [0.15, 0.2) is 6.29 Å². The highest BCUT2D eigenvalue weighted by Gasteiger charge is 2.18. The molecule has 0 saturated carbocycles. The molecule has 1 saturated heterocycles. The van der Waals surface area contributed by atoms with E-state index in [0.717, 1.165) is 12.8 Å². The van der Waals surface area contributed by atoms with Gasteiger partial charge in [0, 0.05) is 26.3 Å². The molecule has 1 heterocycles. The SMILES string of the molecule is COC(CC[C@H]1CCC[C@@H](C)N1)OC. The second-order valence-electron chi connectivity index (χ2n) is 4.17. The number of piperidine rings is 1. The fraction of sp³-hybridized carbons (Fsp3) is 1.00. The molecule has 0 radical (unpaired) electrons. The van der Waals surface area contributed by atoms with Crippen LogP contribution in [0.3, 0.4) is 0 Å². The van der Waals surface area contributed by atoms with E-state index in [1.54, 1.807) is 14.2 Å². The normalized spacial score (nSPS) is 28.3. The molecule has 1 N–H and O–H groups in total. The zero-order valence-electron chi connectivity index (χ0n) is 9.58. The molecule has 0 aromatic heterocycles. The first-order chi connectivity index (χ1) is 6.76. The Bertz CT molecular complexity index is 148. The molecule has 1 aliphatic heterocycles. The molecule has 0 spiro atoms. The van der Waals surface area contributed by atoms with Crippen molar-refractivity contribution in [2.45, 2.75) is 57.4 Å². The van der Waals surface area contributed by atoms with E-state index in [-0.39, 0.29) is 6.29 Å². The van der Waals surface area contributed by atoms with E-state index in [4.69, 9.17) is 9.47 Å². The predicted molar refractivity (Wildman–Crippen MR) is 57.3 cm³/mol. The molecule has 0 unspecified atom stereocenters. The smallest absolute Gasteiger partial charge is 0.156 e. The quantitative estimate of drug-likeness (QED) is 0.689. The lowest BCUT2D eigenvalue weighted by molar-refractivity contribution is -0.108. The Hall–Kier alpha value is -0.120. The Morgan fingerprint density at radius 3 is 2.57 bits per heavy atom. The van der Waals surface area contributed by atoms with Crippen molar-refractivity contribution in [1.29, 1.82) is 0 Å². The van der Waals surface area contributed by atoms with Gasteiger partial charge in [0.2, 0.25) is 0 Å². The lowest BCUT2D eigenvalue weighted by Crippen LogP contribution is -2.40. The second-order valence-corrected chi connectivity index (χ2v) is 4.17. The molecule has 14 heavy (non-hydrogen) atoms. The summed E-state index contributed by atoms with van der Waals surface area (Å²) in [6.45, 7) is 2.26. The number of rotatable bonds is 5. The van der Waals surface area contributed by atoms with Gasteiger partial charge in [-0.15, -0.1) is 0 Å². The summed E-state index contributed by atoms with van der Waals surface area (Å²) in [7, 11) is 3.40. The van der Waals surface area contributed by atoms with Crippen LogP contribution in [-0.2, 0) is 9.47 Å². The van der Waals surface area contributed by atoms with E-state index < -0.39 is 0 Å². The average Bonchev–Trinajstić information content (AvgIpc) is 2.19. The third-order valence-electron chi connectivity index (χ3n) is 2.99. The van der Waals surface area contributed by atoms with Gasteiger partial charge in [0.25, 0.3) is 0 Å². The molecule has 2 atom stereocenters. The molecule has 1 rings (SSSR count). The molecule has 0 amide bonds. The average molecular weight is 201 g/mol. The van der Waals surface area contributed by atoms with Crippen molar-refractivity contribution in [2.24, 2.45) is 0 Å². The van der Waals surface area contributed by atoms with Gasteiger partial charge in [0.05, 0.1) is 0 Å². The number of nitrogens with one attached hydrogen (secondary N) is 1. The maximum Gasteiger partial charge on any atom is 0.156 e. The van der Waals surface area contributed by atoms with E-state index >= 15 is 0 Å². The van der Waals surface area contributed by atoms with Crippen LogP contribution in [0, 0.1) is 0 Å². The summed E-state index contributed by atoms with van der Waals surface area (Å²) in [5.41, 5.74) is 0. The second kappa shape index (κ2) is 6.38. The largest absolute Gasteiger partial charge is 0.356 e. The molecule has 0 bridgehead atoms. The molecule has 3 nitrogen and oxygen atoms in total. The molecule has 0 aliphatic carbocycles. The fourth-order valence-electron chi connectivity index (χ4n) is 2.14. The molecule has 1 aliphatic rings. The third-order valence-corrected chi connectivity index (χ3v) is 2.99. The topological polar surface area (TPSA) is 30.5 Å². The summed E-state index contributed by atoms with van der Waals surface area (Å²) in [5.74, 6) is 0. The van der Waals surface area contributed by atoms with Crippen molar-refractivity contribution in [3.63, 3.8) is 0 Å². The van der Waals surface area contributed by atoms with E-state index in [9.17, 15) is 0 Å². The first kappa shape index (κ1) is 12.0. The first-order valence-corrected chi connectivity index (χ1v) is 5.58. The van der Waals surface area contributed by atoms with Gasteiger partial charge in [-0.25, -0.2) is 0 Å². The van der Waals surface area contributed by atoms with Gasteiger partial charge in [0.1, 0.15) is 0 Å². The molecule has 3 heteroatoms. The lowest BCUT2D eigenvalue weighted by atomic mass is 9.96. The summed E-state index contributed by atoms with van der Waals surface area (Å²) < 4.78 is 10.3. The highest BCUT2D eigenvalue weighted by Crippen LogP contribution is 2.17. The van der Waals surface area contributed by atoms with Crippen LogP contribution >= 0.6 is 0 Å². The van der Waals surface area contributed by atoms with Crippen LogP contribution in [0.15, 0.2) is 0 Å². The molecular weight excluding hydrogens is 178 g/mol. The van der Waals surface area contributed by atoms with E-state index in [1.807, 2.05) is 0 Å². The van der Waals surface area contributed by atoms with Crippen LogP contribution in [0.25, 0.3) is 0 Å². The van der Waals surface area contributed by atoms with Crippen molar-refractivity contribution in [2.75, 3.05) is 14.2 Å². The van der Waals surface area contributed by atoms with E-state index in [1.165, 1.54) is 19.3 Å². The van der Waals surface area contributed by atoms with Crippen LogP contribution in [0.5, 0.6) is 0 Å². The van der Waals surface area contributed by atoms with Gasteiger partial charge in [-0.2, -0.15) is 0 Å². The van der Waals surface area contributed by atoms with Crippen molar-refractivity contribution in [1.82, 2.24) is 5.32 Å². The number of hydrogen-bond donors (Lipinski definition) is 1. The zero-order valence-corrected chi connectivity index (χ0v) is 9.58. The summed E-state index contributed by atoms with van der Waals surface area (Å²) in [4.78, 5) is 0. The van der Waals surface area contributed by atoms with Crippen LogP contribution < -0.4 is 5.32 Å². The predicted octanol–water partition coefficient (Wildman–Crippen LogP) is 1.92. The number of ether oxygens (including phenoxy) is 2. The van der Waals surface area contributed by atoms with Crippen LogP contribution in [-0.4, -0.2) is 32.6 Å². The minimum Gasteiger partial charge on any atom is -0.356 e. The standard InChI is InChI=1S/C11H23NO2/c1-9-5-4-6-10(12-9)7-8-11(13-2)14-3/h9-12H,4-8H2,1-3H3/t9-,10-/m1/s1. The van der Waals surface area contributed by atoms with Crippen molar-refractivity contribution in [3.05, 3.63) is 0 Å². The summed E-state index contributed by atoms with van der Waals surface area (Å²) in [5, 5.41) is 3.61. The Balaban J connectivity index is 2.16. The van der Waals surface area contributed by atoms with Gasteiger partial charge in [-0.3, -0.25) is 0 Å². The van der Waals surface area contributed by atoms with Crippen LogP contribution in [0.2, 0.25) is 0 Å². The highest BCUT2D eigenvalue weighted by molar-refractivity contribution is 4.77. The molecular formula is C11H23NO2. The van der Waals surface area contributed by atoms with Crippen molar-refractivity contribution in [3.8, 4) is 0 Å². The Morgan fingerprint density at radius 2 is 2.00 bits per heavy atom. The van der Waals surface area contributed by atoms with Crippen LogP contribution in [0.1, 0.15) is 39.0 Å². The minimum absolute atomic E-state index is 0.0333. The maximum absolute atomic E-state index is 5.17.